The standard InChI is InChI=1S/C15H22BNO6/c1-9-10(7-13(18)19)6-11(16(21)22)8-12(9)17(5)14(20)23-15(2,3)4/h6,8,21-22H,7H2,1-5H3,(H,18,19). The molecule has 0 aliphatic carbocycles. The number of rotatable bonds is 4. The van der Waals surface area contributed by atoms with Gasteiger partial charge in [-0.25, -0.2) is 4.79 Å². The van der Waals surface area contributed by atoms with E-state index in [2.05, 4.69) is 0 Å². The van der Waals surface area contributed by atoms with Crippen molar-refractivity contribution < 1.29 is 29.5 Å². The minimum atomic E-state index is -1.77. The van der Waals surface area contributed by atoms with Crippen LogP contribution in [0.4, 0.5) is 10.5 Å². The number of nitrogens with zero attached hydrogens (tertiary/aromatic N) is 1. The van der Waals surface area contributed by atoms with Gasteiger partial charge in [-0.15, -0.1) is 0 Å². The van der Waals surface area contributed by atoms with Crippen LogP contribution >= 0.6 is 0 Å². The Hall–Kier alpha value is -2.06. The first-order valence-corrected chi connectivity index (χ1v) is 7.10. The lowest BCUT2D eigenvalue weighted by Crippen LogP contribution is -2.37. The van der Waals surface area contributed by atoms with Crippen molar-refractivity contribution in [1.82, 2.24) is 0 Å². The summed E-state index contributed by atoms with van der Waals surface area (Å²) in [6.45, 7) is 6.86. The maximum absolute atomic E-state index is 12.2. The Morgan fingerprint density at radius 1 is 1.26 bits per heavy atom. The fourth-order valence-electron chi connectivity index (χ4n) is 2.05. The molecule has 0 saturated carbocycles. The van der Waals surface area contributed by atoms with Crippen LogP contribution in [-0.2, 0) is 16.0 Å². The summed E-state index contributed by atoms with van der Waals surface area (Å²) in [6, 6.07) is 2.83. The molecule has 0 aromatic heterocycles. The summed E-state index contributed by atoms with van der Waals surface area (Å²) < 4.78 is 5.28. The first kappa shape index (κ1) is 19.0. The highest BCUT2D eigenvalue weighted by Gasteiger charge is 2.24. The van der Waals surface area contributed by atoms with Crippen LogP contribution in [-0.4, -0.2) is 47.0 Å². The first-order valence-electron chi connectivity index (χ1n) is 7.10. The van der Waals surface area contributed by atoms with Crippen LogP contribution in [0, 0.1) is 6.92 Å². The normalized spacial score (nSPS) is 11.1. The molecule has 3 N–H and O–H groups in total. The van der Waals surface area contributed by atoms with Gasteiger partial charge in [-0.05, 0) is 50.4 Å². The van der Waals surface area contributed by atoms with Gasteiger partial charge in [0.2, 0.25) is 0 Å². The van der Waals surface area contributed by atoms with E-state index in [0.717, 1.165) is 0 Å². The Balaban J connectivity index is 3.30. The predicted molar refractivity (Wildman–Crippen MR) is 87.0 cm³/mol. The third-order valence-electron chi connectivity index (χ3n) is 3.18. The summed E-state index contributed by atoms with van der Waals surface area (Å²) in [4.78, 5) is 24.4. The largest absolute Gasteiger partial charge is 0.488 e. The zero-order valence-electron chi connectivity index (χ0n) is 14.0. The molecule has 1 aromatic rings. The van der Waals surface area contributed by atoms with Gasteiger partial charge in [-0.3, -0.25) is 9.69 Å². The Morgan fingerprint density at radius 3 is 2.26 bits per heavy atom. The molecular weight excluding hydrogens is 301 g/mol. The molecule has 0 heterocycles. The van der Waals surface area contributed by atoms with Crippen molar-refractivity contribution in [2.75, 3.05) is 11.9 Å². The molecule has 1 amide bonds. The van der Waals surface area contributed by atoms with Gasteiger partial charge in [0.1, 0.15) is 5.60 Å². The number of carboxylic acid groups (broad SMARTS) is 1. The summed E-state index contributed by atoms with van der Waals surface area (Å²) in [5.74, 6) is -1.05. The zero-order valence-corrected chi connectivity index (χ0v) is 14.0. The Morgan fingerprint density at radius 2 is 1.83 bits per heavy atom. The number of benzene rings is 1. The van der Waals surface area contributed by atoms with E-state index >= 15 is 0 Å². The highest BCUT2D eigenvalue weighted by Crippen LogP contribution is 2.24. The Labute approximate surface area is 135 Å². The van der Waals surface area contributed by atoms with Gasteiger partial charge >= 0.3 is 19.2 Å². The number of carbonyl (C=O) groups excluding carboxylic acids is 1. The van der Waals surface area contributed by atoms with Gasteiger partial charge in [-0.1, -0.05) is 6.07 Å². The summed E-state index contributed by atoms with van der Waals surface area (Å²) in [6.07, 6.45) is -0.909. The minimum absolute atomic E-state index is 0.109. The smallest absolute Gasteiger partial charge is 0.481 e. The predicted octanol–water partition coefficient (Wildman–Crippen LogP) is 0.673. The van der Waals surface area contributed by atoms with Crippen LogP contribution in [0.15, 0.2) is 12.1 Å². The molecule has 126 valence electrons. The van der Waals surface area contributed by atoms with Crippen molar-refractivity contribution >= 4 is 30.3 Å². The first-order chi connectivity index (χ1) is 10.4. The van der Waals surface area contributed by atoms with Crippen LogP contribution in [0.5, 0.6) is 0 Å². The molecule has 1 rings (SSSR count). The lowest BCUT2D eigenvalue weighted by molar-refractivity contribution is -0.136. The number of carboxylic acids is 1. The number of aliphatic carboxylic acids is 1. The van der Waals surface area contributed by atoms with Crippen LogP contribution in [0.2, 0.25) is 0 Å². The van der Waals surface area contributed by atoms with Crippen molar-refractivity contribution in [3.05, 3.63) is 23.3 Å². The van der Waals surface area contributed by atoms with Crippen LogP contribution in [0.3, 0.4) is 0 Å². The van der Waals surface area contributed by atoms with Gasteiger partial charge < -0.3 is 19.9 Å². The molecule has 8 heteroatoms. The third-order valence-corrected chi connectivity index (χ3v) is 3.18. The lowest BCUT2D eigenvalue weighted by Gasteiger charge is -2.26. The molecular formula is C15H22BNO6. The second kappa shape index (κ2) is 7.01. The van der Waals surface area contributed by atoms with Gasteiger partial charge in [0.15, 0.2) is 0 Å². The maximum Gasteiger partial charge on any atom is 0.488 e. The van der Waals surface area contributed by atoms with E-state index in [0.29, 0.717) is 16.8 Å². The zero-order chi connectivity index (χ0) is 17.9. The van der Waals surface area contributed by atoms with Crippen molar-refractivity contribution in [1.29, 1.82) is 0 Å². The average molecular weight is 323 g/mol. The van der Waals surface area contributed by atoms with Crippen LogP contribution < -0.4 is 10.4 Å². The van der Waals surface area contributed by atoms with Crippen molar-refractivity contribution in [2.45, 2.75) is 39.7 Å². The average Bonchev–Trinajstić information content (AvgIpc) is 2.37. The number of hydrogen-bond donors (Lipinski definition) is 3. The minimum Gasteiger partial charge on any atom is -0.481 e. The highest BCUT2D eigenvalue weighted by molar-refractivity contribution is 6.58. The molecule has 0 aliphatic heterocycles. The monoisotopic (exact) mass is 323 g/mol. The van der Waals surface area contributed by atoms with Gasteiger partial charge in [-0.2, -0.15) is 0 Å². The summed E-state index contributed by atoms with van der Waals surface area (Å²) >= 11 is 0. The SMILES string of the molecule is Cc1c(CC(=O)O)cc(B(O)O)cc1N(C)C(=O)OC(C)(C)C. The summed E-state index contributed by atoms with van der Waals surface area (Å²) in [5, 5.41) is 27.7. The van der Waals surface area contributed by atoms with E-state index in [4.69, 9.17) is 9.84 Å². The molecule has 0 bridgehead atoms. The number of carbonyl (C=O) groups is 2. The van der Waals surface area contributed by atoms with E-state index in [-0.39, 0.29) is 11.9 Å². The van der Waals surface area contributed by atoms with Crippen LogP contribution in [0.1, 0.15) is 31.9 Å². The second-order valence-corrected chi connectivity index (χ2v) is 6.31. The van der Waals surface area contributed by atoms with Gasteiger partial charge in [0.25, 0.3) is 0 Å². The number of ether oxygens (including phenoxy) is 1. The Kier molecular flexibility index (Phi) is 5.79. The molecule has 0 spiro atoms. The molecule has 0 atom stereocenters. The van der Waals surface area contributed by atoms with Gasteiger partial charge in [0, 0.05) is 12.7 Å². The van der Waals surface area contributed by atoms with E-state index in [1.54, 1.807) is 27.7 Å². The van der Waals surface area contributed by atoms with Crippen molar-refractivity contribution in [2.24, 2.45) is 0 Å². The molecule has 1 aromatic carbocycles. The summed E-state index contributed by atoms with van der Waals surface area (Å²) in [7, 11) is -0.289. The van der Waals surface area contributed by atoms with Crippen molar-refractivity contribution in [3.63, 3.8) is 0 Å². The third kappa shape index (κ3) is 5.26. The highest BCUT2D eigenvalue weighted by atomic mass is 16.6. The number of hydrogen-bond acceptors (Lipinski definition) is 5. The lowest BCUT2D eigenvalue weighted by atomic mass is 9.78. The molecule has 0 unspecified atom stereocenters. The molecule has 23 heavy (non-hydrogen) atoms. The van der Waals surface area contributed by atoms with Gasteiger partial charge in [0.05, 0.1) is 6.42 Å². The molecule has 7 nitrogen and oxygen atoms in total. The van der Waals surface area contributed by atoms with E-state index < -0.39 is 24.8 Å². The molecule has 0 saturated heterocycles. The van der Waals surface area contributed by atoms with E-state index in [1.807, 2.05) is 0 Å². The summed E-state index contributed by atoms with van der Waals surface area (Å²) in [5.41, 5.74) is 0.745. The molecule has 0 aliphatic rings. The Bertz CT molecular complexity index is 609. The van der Waals surface area contributed by atoms with Crippen LogP contribution in [0.25, 0.3) is 0 Å². The second-order valence-electron chi connectivity index (χ2n) is 6.31. The fraction of sp³-hybridized carbons (Fsp3) is 0.467. The topological polar surface area (TPSA) is 107 Å². The van der Waals surface area contributed by atoms with E-state index in [9.17, 15) is 19.6 Å². The van der Waals surface area contributed by atoms with Crippen molar-refractivity contribution in [3.8, 4) is 0 Å². The van der Waals surface area contributed by atoms with E-state index in [1.165, 1.54) is 24.1 Å². The number of amides is 1. The maximum atomic E-state index is 12.2. The fourth-order valence-corrected chi connectivity index (χ4v) is 2.05. The molecule has 0 radical (unpaired) electrons. The number of anilines is 1. The quantitative estimate of drug-likeness (QED) is 0.703. The molecule has 0 fully saturated rings.